The number of ether oxygens (including phenoxy) is 4. The monoisotopic (exact) mass is 396 g/mol. The van der Waals surface area contributed by atoms with Crippen LogP contribution in [-0.4, -0.2) is 65.4 Å². The van der Waals surface area contributed by atoms with Crippen LogP contribution in [0.1, 0.15) is 22.8 Å². The summed E-state index contributed by atoms with van der Waals surface area (Å²) in [6, 6.07) is 1.36. The number of aliphatic hydroxyl groups excluding tert-OH is 3. The molecule has 0 aliphatic carbocycles. The van der Waals surface area contributed by atoms with Gasteiger partial charge in [0.25, 0.3) is 0 Å². The first-order valence-electron chi connectivity index (χ1n) is 8.06. The van der Waals surface area contributed by atoms with Gasteiger partial charge in [-0.25, -0.2) is 9.59 Å². The lowest BCUT2D eigenvalue weighted by Gasteiger charge is -2.19. The van der Waals surface area contributed by atoms with Crippen molar-refractivity contribution in [2.24, 2.45) is 0 Å². The molecule has 1 heterocycles. The van der Waals surface area contributed by atoms with Crippen molar-refractivity contribution in [3.63, 3.8) is 0 Å². The summed E-state index contributed by atoms with van der Waals surface area (Å²) in [6.07, 6.45) is -0.0765. The summed E-state index contributed by atoms with van der Waals surface area (Å²) in [6.45, 7) is 0.870. The number of aliphatic hydroxyl groups is 3. The maximum absolute atomic E-state index is 12.8. The Balaban J connectivity index is 2.54. The number of cyclic esters (lactones) is 1. The van der Waals surface area contributed by atoms with Crippen molar-refractivity contribution in [3.8, 4) is 17.2 Å². The number of hydrogen-bond acceptors (Lipinski definition) is 10. The molecule has 0 radical (unpaired) electrons. The van der Waals surface area contributed by atoms with E-state index in [0.29, 0.717) is 0 Å². The lowest BCUT2D eigenvalue weighted by Crippen LogP contribution is -2.33. The zero-order chi connectivity index (χ0) is 21.0. The molecule has 0 unspecified atom stereocenters. The van der Waals surface area contributed by atoms with Crippen LogP contribution in [0.3, 0.4) is 0 Å². The second-order valence-electron chi connectivity index (χ2n) is 5.60. The van der Waals surface area contributed by atoms with Gasteiger partial charge in [-0.15, -0.1) is 0 Å². The van der Waals surface area contributed by atoms with Gasteiger partial charge >= 0.3 is 11.9 Å². The predicted octanol–water partition coefficient (Wildman–Crippen LogP) is 0.647. The number of carbonyl (C=O) groups excluding carboxylic acids is 2. The number of phenols is 1. The number of carbonyl (C=O) groups is 2. The van der Waals surface area contributed by atoms with Crippen LogP contribution >= 0.6 is 0 Å². The van der Waals surface area contributed by atoms with E-state index in [1.54, 1.807) is 13.0 Å². The molecule has 2 rings (SSSR count). The normalized spacial score (nSPS) is 17.6. The van der Waals surface area contributed by atoms with Gasteiger partial charge in [0.05, 0.1) is 20.8 Å². The zero-order valence-electron chi connectivity index (χ0n) is 15.3. The van der Waals surface area contributed by atoms with Gasteiger partial charge in [0.15, 0.2) is 17.6 Å². The Bertz CT molecular complexity index is 839. The van der Waals surface area contributed by atoms with Gasteiger partial charge in [-0.05, 0) is 18.6 Å². The van der Waals surface area contributed by atoms with Crippen LogP contribution < -0.4 is 9.47 Å². The molecule has 0 bridgehead atoms. The topological polar surface area (TPSA) is 152 Å². The highest BCUT2D eigenvalue weighted by Gasteiger charge is 2.42. The van der Waals surface area contributed by atoms with Crippen LogP contribution in [0.2, 0.25) is 0 Å². The van der Waals surface area contributed by atoms with Crippen molar-refractivity contribution in [1.29, 1.82) is 0 Å². The van der Waals surface area contributed by atoms with E-state index in [4.69, 9.17) is 24.1 Å². The molecule has 4 N–H and O–H groups in total. The van der Waals surface area contributed by atoms with E-state index in [9.17, 15) is 24.9 Å². The Morgan fingerprint density at radius 2 is 2.00 bits per heavy atom. The Hall–Kier alpha value is -3.24. The van der Waals surface area contributed by atoms with Gasteiger partial charge in [0.1, 0.15) is 11.7 Å². The zero-order valence-corrected chi connectivity index (χ0v) is 15.3. The van der Waals surface area contributed by atoms with Crippen molar-refractivity contribution >= 4 is 18.0 Å². The lowest BCUT2D eigenvalue weighted by molar-refractivity contribution is -0.147. The van der Waals surface area contributed by atoms with Gasteiger partial charge in [0, 0.05) is 0 Å². The quantitative estimate of drug-likeness (QED) is 0.483. The highest BCUT2D eigenvalue weighted by atomic mass is 16.6. The number of hydrogen-bond donors (Lipinski definition) is 4. The molecular formula is C18H20O10. The fourth-order valence-electron chi connectivity index (χ4n) is 2.59. The molecule has 28 heavy (non-hydrogen) atoms. The van der Waals surface area contributed by atoms with Crippen molar-refractivity contribution in [1.82, 2.24) is 0 Å². The highest BCUT2D eigenvalue weighted by Crippen LogP contribution is 2.42. The maximum Gasteiger partial charge on any atom is 0.378 e. The van der Waals surface area contributed by atoms with Crippen LogP contribution in [0, 0.1) is 0 Å². The first-order valence-corrected chi connectivity index (χ1v) is 8.06. The molecule has 0 spiro atoms. The Labute approximate surface area is 159 Å². The molecule has 152 valence electrons. The minimum atomic E-state index is -1.63. The summed E-state index contributed by atoms with van der Waals surface area (Å²) in [5.41, 5.74) is 0.0272. The summed E-state index contributed by atoms with van der Waals surface area (Å²) >= 11 is 0. The minimum Gasteiger partial charge on any atom is -0.502 e. The smallest absolute Gasteiger partial charge is 0.378 e. The molecule has 0 fully saturated rings. The van der Waals surface area contributed by atoms with Crippen molar-refractivity contribution in [3.05, 3.63) is 34.8 Å². The molecule has 1 aliphatic heterocycles. The third-order valence-electron chi connectivity index (χ3n) is 3.88. The third kappa shape index (κ3) is 3.73. The molecule has 1 aromatic rings. The van der Waals surface area contributed by atoms with Gasteiger partial charge in [0.2, 0.25) is 17.3 Å². The van der Waals surface area contributed by atoms with Crippen LogP contribution in [-0.2, 0) is 14.3 Å². The number of allylic oxidation sites excluding steroid dienone is 1. The van der Waals surface area contributed by atoms with Crippen molar-refractivity contribution in [2.75, 3.05) is 20.8 Å². The van der Waals surface area contributed by atoms with Crippen LogP contribution in [0.4, 0.5) is 0 Å². The summed E-state index contributed by atoms with van der Waals surface area (Å²) in [5.74, 6) is -4.71. The van der Waals surface area contributed by atoms with E-state index in [-0.39, 0.29) is 22.6 Å². The van der Waals surface area contributed by atoms with Crippen LogP contribution in [0.5, 0.6) is 17.2 Å². The Morgan fingerprint density at radius 3 is 2.54 bits per heavy atom. The van der Waals surface area contributed by atoms with Gasteiger partial charge in [-0.2, -0.15) is 0 Å². The second kappa shape index (κ2) is 8.63. The molecule has 10 nitrogen and oxygen atoms in total. The fraction of sp³-hybridized carbons (Fsp3) is 0.333. The number of methoxy groups -OCH3 is 2. The van der Waals surface area contributed by atoms with Crippen molar-refractivity contribution in [2.45, 2.75) is 19.1 Å². The summed E-state index contributed by atoms with van der Waals surface area (Å²) in [4.78, 5) is 24.3. The fourth-order valence-corrected chi connectivity index (χ4v) is 2.59. The molecule has 1 aromatic carbocycles. The third-order valence-corrected chi connectivity index (χ3v) is 3.88. The van der Waals surface area contributed by atoms with Crippen LogP contribution in [0.25, 0.3) is 6.08 Å². The van der Waals surface area contributed by atoms with E-state index in [1.165, 1.54) is 26.4 Å². The van der Waals surface area contributed by atoms with Gasteiger partial charge in [-0.1, -0.05) is 12.2 Å². The molecule has 1 aliphatic rings. The highest BCUT2D eigenvalue weighted by molar-refractivity contribution is 6.00. The van der Waals surface area contributed by atoms with E-state index >= 15 is 0 Å². The first-order chi connectivity index (χ1) is 13.3. The number of benzene rings is 1. The molecule has 0 saturated heterocycles. The average molecular weight is 396 g/mol. The number of rotatable bonds is 7. The first kappa shape index (κ1) is 21.1. The minimum absolute atomic E-state index is 0.0384. The molecule has 0 aromatic heterocycles. The van der Waals surface area contributed by atoms with Gasteiger partial charge in [-0.3, -0.25) is 0 Å². The maximum atomic E-state index is 12.8. The summed E-state index contributed by atoms with van der Waals surface area (Å²) in [5, 5.41) is 38.9. The predicted molar refractivity (Wildman–Crippen MR) is 94.0 cm³/mol. The molecule has 10 heteroatoms. The van der Waals surface area contributed by atoms with Gasteiger partial charge < -0.3 is 39.4 Å². The number of aromatic hydroxyl groups is 1. The SMILES string of the molecule is CC=Cc1cc(OC)c(O)c(OC)c1C(=O)OC1=C(O)C(=O)O[C@@H]1[C@@H](O)CO. The van der Waals surface area contributed by atoms with E-state index in [1.807, 2.05) is 0 Å². The van der Waals surface area contributed by atoms with E-state index in [2.05, 4.69) is 0 Å². The molecule has 2 atom stereocenters. The second-order valence-corrected chi connectivity index (χ2v) is 5.60. The molecular weight excluding hydrogens is 376 g/mol. The van der Waals surface area contributed by atoms with Crippen LogP contribution in [0.15, 0.2) is 23.7 Å². The summed E-state index contributed by atoms with van der Waals surface area (Å²) < 4.78 is 19.9. The van der Waals surface area contributed by atoms with E-state index < -0.39 is 48.0 Å². The number of esters is 2. The lowest BCUT2D eigenvalue weighted by atomic mass is 10.0. The summed E-state index contributed by atoms with van der Waals surface area (Å²) in [7, 11) is 2.53. The Morgan fingerprint density at radius 1 is 1.32 bits per heavy atom. The number of phenolic OH excluding ortho intramolecular Hbond substituents is 1. The molecule has 0 amide bonds. The average Bonchev–Trinajstić information content (AvgIpc) is 2.96. The van der Waals surface area contributed by atoms with E-state index in [0.717, 1.165) is 0 Å². The standard InChI is InChI=1S/C18H20O10/c1-4-5-8-6-10(25-2)12(21)15(26-3)11(8)17(23)28-16-13(22)18(24)27-14(16)9(20)7-19/h4-6,9,14,19-22H,7H2,1-3H3/t9-,14+/m0/s1. The molecule has 0 saturated carbocycles. The van der Waals surface area contributed by atoms with Crippen molar-refractivity contribution < 1.29 is 49.0 Å². The Kier molecular flexibility index (Phi) is 6.49. The largest absolute Gasteiger partial charge is 0.502 e.